The molecule has 2 rings (SSSR count). The number of rotatable bonds is 3. The molecule has 1 aliphatic rings. The summed E-state index contributed by atoms with van der Waals surface area (Å²) in [6.07, 6.45) is 0.403. The van der Waals surface area contributed by atoms with Crippen molar-refractivity contribution in [1.29, 1.82) is 0 Å². The molecular weight excluding hydrogens is 252 g/mol. The first-order valence-corrected chi connectivity index (χ1v) is 6.37. The number of esters is 1. The molecule has 1 unspecified atom stereocenters. The number of carbonyl (C=O) groups excluding carboxylic acids is 1. The number of ether oxygens (including phenoxy) is 1. The predicted molar refractivity (Wildman–Crippen MR) is 72.1 cm³/mol. The lowest BCUT2D eigenvalue weighted by atomic mass is 10.1. The summed E-state index contributed by atoms with van der Waals surface area (Å²) in [5.41, 5.74) is 1.13. The number of methoxy groups -OCH3 is 1. The van der Waals surface area contributed by atoms with Crippen molar-refractivity contribution in [2.45, 2.75) is 12.5 Å². The van der Waals surface area contributed by atoms with Crippen molar-refractivity contribution in [3.63, 3.8) is 0 Å². The molecule has 0 radical (unpaired) electrons. The van der Waals surface area contributed by atoms with Crippen LogP contribution in [0.5, 0.6) is 0 Å². The van der Waals surface area contributed by atoms with Crippen LogP contribution in [0.25, 0.3) is 0 Å². The molecule has 0 aliphatic carbocycles. The minimum atomic E-state index is -0.176. The summed E-state index contributed by atoms with van der Waals surface area (Å²) in [6.45, 7) is 2.60. The molecule has 0 aromatic heterocycles. The Hall–Kier alpha value is -1.26. The summed E-state index contributed by atoms with van der Waals surface area (Å²) >= 11 is 5.87. The molecule has 1 heterocycles. The molecule has 5 heteroatoms. The van der Waals surface area contributed by atoms with Crippen LogP contribution in [0.1, 0.15) is 6.42 Å². The first kappa shape index (κ1) is 13.2. The summed E-state index contributed by atoms with van der Waals surface area (Å²) in [4.78, 5) is 13.5. The Morgan fingerprint density at radius 3 is 2.89 bits per heavy atom. The molecule has 1 saturated heterocycles. The van der Waals surface area contributed by atoms with Gasteiger partial charge >= 0.3 is 5.97 Å². The van der Waals surface area contributed by atoms with E-state index in [4.69, 9.17) is 16.3 Å². The lowest BCUT2D eigenvalue weighted by molar-refractivity contribution is -0.141. The average molecular weight is 269 g/mol. The van der Waals surface area contributed by atoms with Crippen molar-refractivity contribution in [2.75, 3.05) is 31.6 Å². The van der Waals surface area contributed by atoms with Gasteiger partial charge in [-0.1, -0.05) is 11.6 Å². The highest BCUT2D eigenvalue weighted by atomic mass is 35.5. The minimum absolute atomic E-state index is 0.141. The summed E-state index contributed by atoms with van der Waals surface area (Å²) in [7, 11) is 1.42. The van der Waals surface area contributed by atoms with Crippen LogP contribution in [-0.4, -0.2) is 38.8 Å². The average Bonchev–Trinajstić information content (AvgIpc) is 2.40. The molecule has 0 bridgehead atoms. The van der Waals surface area contributed by atoms with Crippen LogP contribution in [0, 0.1) is 0 Å². The number of nitrogens with one attached hydrogen (secondary N) is 1. The zero-order chi connectivity index (χ0) is 13.0. The summed E-state index contributed by atoms with van der Waals surface area (Å²) in [6, 6.07) is 7.91. The van der Waals surface area contributed by atoms with Crippen molar-refractivity contribution >= 4 is 23.3 Å². The van der Waals surface area contributed by atoms with Gasteiger partial charge in [0.15, 0.2) is 0 Å². The quantitative estimate of drug-likeness (QED) is 0.847. The van der Waals surface area contributed by atoms with Crippen LogP contribution in [0.2, 0.25) is 5.02 Å². The van der Waals surface area contributed by atoms with Gasteiger partial charge in [0.2, 0.25) is 0 Å². The highest BCUT2D eigenvalue weighted by Crippen LogP contribution is 2.19. The van der Waals surface area contributed by atoms with E-state index in [1.54, 1.807) is 0 Å². The number of hydrogen-bond acceptors (Lipinski definition) is 4. The van der Waals surface area contributed by atoms with Gasteiger partial charge in [0.05, 0.1) is 13.5 Å². The molecule has 18 heavy (non-hydrogen) atoms. The van der Waals surface area contributed by atoms with Crippen molar-refractivity contribution < 1.29 is 9.53 Å². The standard InChI is InChI=1S/C13H17ClN2O2/c1-18-13(17)8-11-9-16(7-6-15-11)12-4-2-10(14)3-5-12/h2-5,11,15H,6-9H2,1H3. The van der Waals surface area contributed by atoms with Gasteiger partial charge in [-0.05, 0) is 24.3 Å². The number of carbonyl (C=O) groups is 1. The third kappa shape index (κ3) is 3.37. The van der Waals surface area contributed by atoms with Crippen LogP contribution in [-0.2, 0) is 9.53 Å². The third-order valence-corrected chi connectivity index (χ3v) is 3.34. The zero-order valence-electron chi connectivity index (χ0n) is 10.4. The fourth-order valence-electron chi connectivity index (χ4n) is 2.13. The van der Waals surface area contributed by atoms with E-state index in [1.807, 2.05) is 24.3 Å². The second-order valence-corrected chi connectivity index (χ2v) is 4.79. The van der Waals surface area contributed by atoms with Crippen molar-refractivity contribution in [3.8, 4) is 0 Å². The van der Waals surface area contributed by atoms with Gasteiger partial charge in [0.1, 0.15) is 0 Å². The zero-order valence-corrected chi connectivity index (χ0v) is 11.1. The Labute approximate surface area is 112 Å². The molecule has 98 valence electrons. The van der Waals surface area contributed by atoms with Crippen LogP contribution < -0.4 is 10.2 Å². The van der Waals surface area contributed by atoms with Crippen LogP contribution >= 0.6 is 11.6 Å². The van der Waals surface area contributed by atoms with E-state index >= 15 is 0 Å². The van der Waals surface area contributed by atoms with Gasteiger partial charge in [0.25, 0.3) is 0 Å². The molecule has 4 nitrogen and oxygen atoms in total. The van der Waals surface area contributed by atoms with E-state index < -0.39 is 0 Å². The SMILES string of the molecule is COC(=O)CC1CN(c2ccc(Cl)cc2)CCN1. The molecule has 1 N–H and O–H groups in total. The monoisotopic (exact) mass is 268 g/mol. The second-order valence-electron chi connectivity index (χ2n) is 4.35. The minimum Gasteiger partial charge on any atom is -0.469 e. The van der Waals surface area contributed by atoms with Crippen molar-refractivity contribution in [2.24, 2.45) is 0 Å². The Bertz CT molecular complexity index is 408. The molecule has 0 amide bonds. The highest BCUT2D eigenvalue weighted by molar-refractivity contribution is 6.30. The molecule has 1 aliphatic heterocycles. The van der Waals surface area contributed by atoms with Gasteiger partial charge in [0, 0.05) is 36.4 Å². The molecule has 1 fully saturated rings. The van der Waals surface area contributed by atoms with E-state index in [1.165, 1.54) is 7.11 Å². The molecule has 1 atom stereocenters. The second kappa shape index (κ2) is 6.07. The Balaban J connectivity index is 1.98. The molecule has 0 saturated carbocycles. The van der Waals surface area contributed by atoms with E-state index in [0.717, 1.165) is 30.3 Å². The molecule has 1 aromatic carbocycles. The number of piperazine rings is 1. The van der Waals surface area contributed by atoms with Gasteiger partial charge in [-0.2, -0.15) is 0 Å². The van der Waals surface area contributed by atoms with Crippen molar-refractivity contribution in [3.05, 3.63) is 29.3 Å². The van der Waals surface area contributed by atoms with Crippen molar-refractivity contribution in [1.82, 2.24) is 5.32 Å². The van der Waals surface area contributed by atoms with E-state index in [2.05, 4.69) is 10.2 Å². The van der Waals surface area contributed by atoms with Crippen LogP contribution in [0.4, 0.5) is 5.69 Å². The molecule has 0 spiro atoms. The normalized spacial score (nSPS) is 19.7. The number of halogens is 1. The molecular formula is C13H17ClN2O2. The third-order valence-electron chi connectivity index (χ3n) is 3.09. The lowest BCUT2D eigenvalue weighted by Gasteiger charge is -2.34. The number of anilines is 1. The van der Waals surface area contributed by atoms with E-state index in [0.29, 0.717) is 6.42 Å². The molecule has 1 aromatic rings. The fourth-order valence-corrected chi connectivity index (χ4v) is 2.26. The maximum atomic E-state index is 11.3. The number of nitrogens with zero attached hydrogens (tertiary/aromatic N) is 1. The maximum Gasteiger partial charge on any atom is 0.307 e. The van der Waals surface area contributed by atoms with Gasteiger partial charge in [-0.15, -0.1) is 0 Å². The largest absolute Gasteiger partial charge is 0.469 e. The Morgan fingerprint density at radius 2 is 2.22 bits per heavy atom. The van der Waals surface area contributed by atoms with Crippen LogP contribution in [0.3, 0.4) is 0 Å². The predicted octanol–water partition coefficient (Wildman–Crippen LogP) is 1.68. The number of hydrogen-bond donors (Lipinski definition) is 1. The summed E-state index contributed by atoms with van der Waals surface area (Å²) < 4.78 is 4.69. The Kier molecular flexibility index (Phi) is 4.44. The lowest BCUT2D eigenvalue weighted by Crippen LogP contribution is -2.51. The topological polar surface area (TPSA) is 41.6 Å². The Morgan fingerprint density at radius 1 is 1.50 bits per heavy atom. The summed E-state index contributed by atoms with van der Waals surface area (Å²) in [5, 5.41) is 4.06. The first-order valence-electron chi connectivity index (χ1n) is 6.00. The van der Waals surface area contributed by atoms with Gasteiger partial charge in [-0.3, -0.25) is 4.79 Å². The first-order chi connectivity index (χ1) is 8.69. The smallest absolute Gasteiger partial charge is 0.307 e. The number of benzene rings is 1. The van der Waals surface area contributed by atoms with E-state index in [-0.39, 0.29) is 12.0 Å². The van der Waals surface area contributed by atoms with Crippen LogP contribution in [0.15, 0.2) is 24.3 Å². The highest BCUT2D eigenvalue weighted by Gasteiger charge is 2.22. The van der Waals surface area contributed by atoms with Gasteiger partial charge in [-0.25, -0.2) is 0 Å². The van der Waals surface area contributed by atoms with Gasteiger partial charge < -0.3 is 15.0 Å². The fraction of sp³-hybridized carbons (Fsp3) is 0.462. The van der Waals surface area contributed by atoms with E-state index in [9.17, 15) is 4.79 Å². The summed E-state index contributed by atoms with van der Waals surface area (Å²) in [5.74, 6) is -0.176. The maximum absolute atomic E-state index is 11.3.